The standard InChI is InChI=1S/C15H23Br/c1-5-11(2)8-15(16)10-14-7-6-12(3)13(4)9-14/h6-7,9,11,15H,5,8,10H2,1-4H3. The SMILES string of the molecule is CCC(C)CC(Br)Cc1ccc(C)c(C)c1. The Bertz CT molecular complexity index is 330. The van der Waals surface area contributed by atoms with Crippen LogP contribution in [0, 0.1) is 19.8 Å². The molecule has 0 radical (unpaired) electrons. The summed E-state index contributed by atoms with van der Waals surface area (Å²) in [5.74, 6) is 0.816. The Morgan fingerprint density at radius 2 is 1.88 bits per heavy atom. The first-order valence-electron chi connectivity index (χ1n) is 6.23. The second-order valence-corrected chi connectivity index (χ2v) is 6.26. The fourth-order valence-corrected chi connectivity index (χ4v) is 2.88. The number of halogens is 1. The van der Waals surface area contributed by atoms with Crippen molar-refractivity contribution in [3.8, 4) is 0 Å². The van der Waals surface area contributed by atoms with Gasteiger partial charge in [-0.05, 0) is 49.3 Å². The van der Waals surface area contributed by atoms with E-state index >= 15 is 0 Å². The molecule has 90 valence electrons. The Labute approximate surface area is 109 Å². The topological polar surface area (TPSA) is 0 Å². The van der Waals surface area contributed by atoms with E-state index < -0.39 is 0 Å². The van der Waals surface area contributed by atoms with Crippen LogP contribution in [0.2, 0.25) is 0 Å². The van der Waals surface area contributed by atoms with Crippen LogP contribution in [-0.2, 0) is 6.42 Å². The van der Waals surface area contributed by atoms with Crippen molar-refractivity contribution in [2.24, 2.45) is 5.92 Å². The molecule has 1 heteroatoms. The molecule has 0 heterocycles. The number of alkyl halides is 1. The normalized spacial score (nSPS) is 14.8. The van der Waals surface area contributed by atoms with Gasteiger partial charge in [-0.3, -0.25) is 0 Å². The van der Waals surface area contributed by atoms with E-state index in [9.17, 15) is 0 Å². The summed E-state index contributed by atoms with van der Waals surface area (Å²) >= 11 is 3.80. The molecule has 0 fully saturated rings. The molecule has 2 unspecified atom stereocenters. The fraction of sp³-hybridized carbons (Fsp3) is 0.600. The maximum absolute atomic E-state index is 3.80. The van der Waals surface area contributed by atoms with Crippen LogP contribution in [0.1, 0.15) is 43.4 Å². The highest BCUT2D eigenvalue weighted by Gasteiger charge is 2.10. The van der Waals surface area contributed by atoms with Crippen molar-refractivity contribution < 1.29 is 0 Å². The molecule has 0 aliphatic rings. The zero-order chi connectivity index (χ0) is 12.1. The van der Waals surface area contributed by atoms with Gasteiger partial charge >= 0.3 is 0 Å². The van der Waals surface area contributed by atoms with Gasteiger partial charge in [-0.15, -0.1) is 0 Å². The molecule has 2 atom stereocenters. The molecule has 16 heavy (non-hydrogen) atoms. The molecule has 1 rings (SSSR count). The number of hydrogen-bond donors (Lipinski definition) is 0. The van der Waals surface area contributed by atoms with Gasteiger partial charge in [0.1, 0.15) is 0 Å². The van der Waals surface area contributed by atoms with Crippen LogP contribution >= 0.6 is 15.9 Å². The highest BCUT2D eigenvalue weighted by molar-refractivity contribution is 9.09. The largest absolute Gasteiger partial charge is 0.0887 e. The Morgan fingerprint density at radius 1 is 1.19 bits per heavy atom. The molecule has 0 N–H and O–H groups in total. The molecule has 1 aromatic carbocycles. The van der Waals surface area contributed by atoms with Crippen molar-refractivity contribution in [2.75, 3.05) is 0 Å². The fourth-order valence-electron chi connectivity index (χ4n) is 1.87. The van der Waals surface area contributed by atoms with Gasteiger partial charge < -0.3 is 0 Å². The van der Waals surface area contributed by atoms with Crippen LogP contribution in [0.3, 0.4) is 0 Å². The molecule has 0 aliphatic carbocycles. The van der Waals surface area contributed by atoms with E-state index in [4.69, 9.17) is 0 Å². The van der Waals surface area contributed by atoms with E-state index in [0.29, 0.717) is 4.83 Å². The van der Waals surface area contributed by atoms with Crippen LogP contribution in [0.5, 0.6) is 0 Å². The molecule has 1 aromatic rings. The molecule has 0 saturated carbocycles. The third-order valence-corrected chi connectivity index (χ3v) is 4.08. The van der Waals surface area contributed by atoms with Crippen molar-refractivity contribution >= 4 is 15.9 Å². The molecule has 0 aromatic heterocycles. The molecule has 0 saturated heterocycles. The summed E-state index contributed by atoms with van der Waals surface area (Å²) in [5.41, 5.74) is 4.24. The molecular formula is C15H23Br. The Morgan fingerprint density at radius 3 is 2.44 bits per heavy atom. The Hall–Kier alpha value is -0.300. The average Bonchev–Trinajstić information content (AvgIpc) is 2.23. The monoisotopic (exact) mass is 282 g/mol. The van der Waals surface area contributed by atoms with Crippen LogP contribution in [0.25, 0.3) is 0 Å². The van der Waals surface area contributed by atoms with Gasteiger partial charge in [-0.25, -0.2) is 0 Å². The highest BCUT2D eigenvalue weighted by atomic mass is 79.9. The lowest BCUT2D eigenvalue weighted by Crippen LogP contribution is -2.08. The van der Waals surface area contributed by atoms with E-state index in [1.54, 1.807) is 0 Å². The van der Waals surface area contributed by atoms with Gasteiger partial charge in [0.25, 0.3) is 0 Å². The number of benzene rings is 1. The molecule has 0 aliphatic heterocycles. The quantitative estimate of drug-likeness (QED) is 0.664. The second kappa shape index (κ2) is 6.44. The summed E-state index contributed by atoms with van der Waals surface area (Å²) in [5, 5.41) is 0. The summed E-state index contributed by atoms with van der Waals surface area (Å²) in [6, 6.07) is 6.81. The number of rotatable bonds is 5. The molecular weight excluding hydrogens is 260 g/mol. The van der Waals surface area contributed by atoms with Crippen LogP contribution < -0.4 is 0 Å². The maximum Gasteiger partial charge on any atom is 0.0188 e. The zero-order valence-electron chi connectivity index (χ0n) is 10.9. The van der Waals surface area contributed by atoms with Gasteiger partial charge in [-0.2, -0.15) is 0 Å². The summed E-state index contributed by atoms with van der Waals surface area (Å²) < 4.78 is 0. The lowest BCUT2D eigenvalue weighted by Gasteiger charge is -2.15. The van der Waals surface area contributed by atoms with Crippen molar-refractivity contribution in [1.29, 1.82) is 0 Å². The van der Waals surface area contributed by atoms with Gasteiger partial charge in [-0.1, -0.05) is 54.4 Å². The minimum Gasteiger partial charge on any atom is -0.0887 e. The van der Waals surface area contributed by atoms with Gasteiger partial charge in [0.2, 0.25) is 0 Å². The van der Waals surface area contributed by atoms with Gasteiger partial charge in [0.05, 0.1) is 0 Å². The minimum atomic E-state index is 0.615. The number of aryl methyl sites for hydroxylation is 2. The highest BCUT2D eigenvalue weighted by Crippen LogP contribution is 2.21. The average molecular weight is 283 g/mol. The smallest absolute Gasteiger partial charge is 0.0188 e. The van der Waals surface area contributed by atoms with Gasteiger partial charge in [0.15, 0.2) is 0 Å². The van der Waals surface area contributed by atoms with E-state index in [1.165, 1.54) is 29.5 Å². The third kappa shape index (κ3) is 4.29. The Balaban J connectivity index is 2.56. The summed E-state index contributed by atoms with van der Waals surface area (Å²) in [6.07, 6.45) is 3.68. The second-order valence-electron chi connectivity index (χ2n) is 4.97. The first kappa shape index (κ1) is 13.8. The zero-order valence-corrected chi connectivity index (χ0v) is 12.5. The lowest BCUT2D eigenvalue weighted by atomic mass is 9.97. The summed E-state index contributed by atoms with van der Waals surface area (Å²) in [6.45, 7) is 8.95. The van der Waals surface area contributed by atoms with E-state index in [1.807, 2.05) is 0 Å². The van der Waals surface area contributed by atoms with Crippen molar-refractivity contribution in [3.63, 3.8) is 0 Å². The molecule has 0 spiro atoms. The molecule has 0 nitrogen and oxygen atoms in total. The first-order chi connectivity index (χ1) is 7.52. The van der Waals surface area contributed by atoms with Crippen molar-refractivity contribution in [3.05, 3.63) is 34.9 Å². The predicted octanol–water partition coefficient (Wildman–Crippen LogP) is 5.05. The first-order valence-corrected chi connectivity index (χ1v) is 7.14. The van der Waals surface area contributed by atoms with E-state index in [-0.39, 0.29) is 0 Å². The van der Waals surface area contributed by atoms with Gasteiger partial charge in [0, 0.05) is 4.83 Å². The predicted molar refractivity (Wildman–Crippen MR) is 76.4 cm³/mol. The van der Waals surface area contributed by atoms with E-state index in [0.717, 1.165) is 12.3 Å². The van der Waals surface area contributed by atoms with Crippen LogP contribution in [0.15, 0.2) is 18.2 Å². The summed E-state index contributed by atoms with van der Waals surface area (Å²) in [4.78, 5) is 0.615. The van der Waals surface area contributed by atoms with Crippen LogP contribution in [-0.4, -0.2) is 4.83 Å². The molecule has 0 bridgehead atoms. The molecule has 0 amide bonds. The third-order valence-electron chi connectivity index (χ3n) is 3.38. The lowest BCUT2D eigenvalue weighted by molar-refractivity contribution is 0.507. The van der Waals surface area contributed by atoms with Crippen molar-refractivity contribution in [2.45, 2.75) is 51.8 Å². The number of hydrogen-bond acceptors (Lipinski definition) is 0. The van der Waals surface area contributed by atoms with Crippen LogP contribution in [0.4, 0.5) is 0 Å². The van der Waals surface area contributed by atoms with E-state index in [2.05, 4.69) is 61.8 Å². The Kier molecular flexibility index (Phi) is 5.54. The van der Waals surface area contributed by atoms with Crippen molar-refractivity contribution in [1.82, 2.24) is 0 Å². The summed E-state index contributed by atoms with van der Waals surface area (Å²) in [7, 11) is 0. The minimum absolute atomic E-state index is 0.615. The maximum atomic E-state index is 3.80.